The van der Waals surface area contributed by atoms with Crippen molar-refractivity contribution in [3.8, 4) is 0 Å². The molecule has 1 aliphatic carbocycles. The summed E-state index contributed by atoms with van der Waals surface area (Å²) in [5.41, 5.74) is 1.79. The Hall–Kier alpha value is -0.890. The lowest BCUT2D eigenvalue weighted by Crippen LogP contribution is -2.40. The highest BCUT2D eigenvalue weighted by Gasteiger charge is 2.45. The van der Waals surface area contributed by atoms with E-state index in [0.29, 0.717) is 6.04 Å². The lowest BCUT2D eigenvalue weighted by molar-refractivity contribution is 0.350. The Morgan fingerprint density at radius 2 is 2.54 bits per heavy atom. The number of nitrogens with one attached hydrogen (secondary N) is 1. The summed E-state index contributed by atoms with van der Waals surface area (Å²) in [6.07, 6.45) is 11.3. The van der Waals surface area contributed by atoms with Crippen molar-refractivity contribution in [2.24, 2.45) is 10.4 Å². The number of hydrogen-bond donors (Lipinski definition) is 1. The van der Waals surface area contributed by atoms with Gasteiger partial charge in [-0.2, -0.15) is 0 Å². The maximum Gasteiger partial charge on any atom is 0.0533 e. The van der Waals surface area contributed by atoms with Gasteiger partial charge >= 0.3 is 0 Å². The number of allylic oxidation sites excluding steroid dienone is 2. The van der Waals surface area contributed by atoms with Crippen LogP contribution in [0.1, 0.15) is 12.8 Å². The molecule has 2 atom stereocenters. The number of dihydropyridines is 1. The highest BCUT2D eigenvalue weighted by Crippen LogP contribution is 2.43. The van der Waals surface area contributed by atoms with Gasteiger partial charge in [-0.1, -0.05) is 12.2 Å². The van der Waals surface area contributed by atoms with Crippen molar-refractivity contribution in [2.45, 2.75) is 18.9 Å². The number of rotatable bonds is 0. The molecule has 2 nitrogen and oxygen atoms in total. The zero-order chi connectivity index (χ0) is 8.73. The van der Waals surface area contributed by atoms with E-state index >= 15 is 0 Å². The fourth-order valence-electron chi connectivity index (χ4n) is 2.77. The van der Waals surface area contributed by atoms with Gasteiger partial charge in [0.2, 0.25) is 0 Å². The molecular formula is C11H14N2. The second-order valence-electron chi connectivity index (χ2n) is 4.14. The van der Waals surface area contributed by atoms with Gasteiger partial charge in [0.15, 0.2) is 0 Å². The van der Waals surface area contributed by atoms with E-state index < -0.39 is 0 Å². The Bertz CT molecular complexity index is 314. The van der Waals surface area contributed by atoms with Crippen LogP contribution >= 0.6 is 0 Å². The molecule has 0 aromatic rings. The Morgan fingerprint density at radius 3 is 3.54 bits per heavy atom. The molecule has 2 unspecified atom stereocenters. The molecule has 1 spiro atoms. The number of nitrogens with zero attached hydrogens (tertiary/aromatic N) is 1. The van der Waals surface area contributed by atoms with Gasteiger partial charge in [0.25, 0.3) is 0 Å². The molecule has 0 bridgehead atoms. The van der Waals surface area contributed by atoms with Crippen molar-refractivity contribution in [1.82, 2.24) is 5.32 Å². The summed E-state index contributed by atoms with van der Waals surface area (Å²) >= 11 is 0. The molecule has 3 rings (SSSR count). The van der Waals surface area contributed by atoms with E-state index in [0.717, 1.165) is 13.1 Å². The summed E-state index contributed by atoms with van der Waals surface area (Å²) in [6.45, 7) is 2.01. The molecule has 3 aliphatic rings. The molecular weight excluding hydrogens is 160 g/mol. The summed E-state index contributed by atoms with van der Waals surface area (Å²) in [5, 5.41) is 3.59. The van der Waals surface area contributed by atoms with E-state index in [-0.39, 0.29) is 5.41 Å². The summed E-state index contributed by atoms with van der Waals surface area (Å²) in [6, 6.07) is 0.640. The van der Waals surface area contributed by atoms with Gasteiger partial charge in [-0.25, -0.2) is 0 Å². The fraction of sp³-hybridized carbons (Fsp3) is 0.545. The highest BCUT2D eigenvalue weighted by atomic mass is 15.0. The molecule has 1 N–H and O–H groups in total. The Balaban J connectivity index is 2.09. The lowest BCUT2D eigenvalue weighted by atomic mass is 9.71. The van der Waals surface area contributed by atoms with Crippen LogP contribution in [0.3, 0.4) is 0 Å². The zero-order valence-electron chi connectivity index (χ0n) is 7.66. The maximum atomic E-state index is 4.40. The summed E-state index contributed by atoms with van der Waals surface area (Å²) in [4.78, 5) is 4.40. The van der Waals surface area contributed by atoms with Crippen LogP contribution in [-0.2, 0) is 0 Å². The minimum atomic E-state index is 0.257. The van der Waals surface area contributed by atoms with Gasteiger partial charge in [0, 0.05) is 24.2 Å². The first kappa shape index (κ1) is 7.51. The van der Waals surface area contributed by atoms with Crippen molar-refractivity contribution in [3.05, 3.63) is 23.8 Å². The summed E-state index contributed by atoms with van der Waals surface area (Å²) in [5.74, 6) is 0. The van der Waals surface area contributed by atoms with E-state index in [1.807, 2.05) is 6.21 Å². The molecule has 1 saturated heterocycles. The average Bonchev–Trinajstić information content (AvgIpc) is 2.56. The fourth-order valence-corrected chi connectivity index (χ4v) is 2.77. The molecule has 13 heavy (non-hydrogen) atoms. The predicted molar refractivity (Wildman–Crippen MR) is 54.0 cm³/mol. The first-order valence-electron chi connectivity index (χ1n) is 5.02. The third-order valence-corrected chi connectivity index (χ3v) is 3.53. The molecule has 0 amide bonds. The molecule has 0 radical (unpaired) electrons. The molecule has 2 aliphatic heterocycles. The second-order valence-corrected chi connectivity index (χ2v) is 4.14. The maximum absolute atomic E-state index is 4.40. The van der Waals surface area contributed by atoms with Crippen molar-refractivity contribution in [3.63, 3.8) is 0 Å². The summed E-state index contributed by atoms with van der Waals surface area (Å²) < 4.78 is 0. The molecule has 68 valence electrons. The van der Waals surface area contributed by atoms with Gasteiger partial charge in [0.05, 0.1) is 6.54 Å². The monoisotopic (exact) mass is 174 g/mol. The normalized spacial score (nSPS) is 41.2. The van der Waals surface area contributed by atoms with Crippen molar-refractivity contribution >= 4 is 6.21 Å². The number of hydrogen-bond acceptors (Lipinski definition) is 2. The van der Waals surface area contributed by atoms with E-state index in [2.05, 4.69) is 28.5 Å². The largest absolute Gasteiger partial charge is 0.309 e. The molecule has 2 heterocycles. The van der Waals surface area contributed by atoms with Gasteiger partial charge in [-0.15, -0.1) is 0 Å². The van der Waals surface area contributed by atoms with Crippen molar-refractivity contribution in [2.75, 3.05) is 13.1 Å². The minimum Gasteiger partial charge on any atom is -0.309 e. The van der Waals surface area contributed by atoms with Crippen LogP contribution in [0.25, 0.3) is 0 Å². The average molecular weight is 174 g/mol. The Labute approximate surface area is 78.4 Å². The van der Waals surface area contributed by atoms with Crippen LogP contribution in [0.15, 0.2) is 28.8 Å². The topological polar surface area (TPSA) is 24.4 Å². The van der Waals surface area contributed by atoms with Gasteiger partial charge in [-0.3, -0.25) is 4.99 Å². The zero-order valence-corrected chi connectivity index (χ0v) is 7.66. The van der Waals surface area contributed by atoms with Crippen LogP contribution < -0.4 is 5.32 Å². The van der Waals surface area contributed by atoms with Crippen LogP contribution in [0.4, 0.5) is 0 Å². The van der Waals surface area contributed by atoms with Crippen LogP contribution in [0.2, 0.25) is 0 Å². The molecule has 1 fully saturated rings. The molecule has 0 aromatic carbocycles. The SMILES string of the molecule is C1=CC23CN=CC=C2CNC3CC1. The first-order valence-corrected chi connectivity index (χ1v) is 5.02. The van der Waals surface area contributed by atoms with Gasteiger partial charge in [0.1, 0.15) is 0 Å². The van der Waals surface area contributed by atoms with Gasteiger partial charge < -0.3 is 5.32 Å². The predicted octanol–water partition coefficient (Wildman–Crippen LogP) is 1.31. The van der Waals surface area contributed by atoms with Gasteiger partial charge in [-0.05, 0) is 24.5 Å². The van der Waals surface area contributed by atoms with Crippen LogP contribution in [-0.4, -0.2) is 25.3 Å². The van der Waals surface area contributed by atoms with E-state index in [9.17, 15) is 0 Å². The third-order valence-electron chi connectivity index (χ3n) is 3.53. The third kappa shape index (κ3) is 0.894. The minimum absolute atomic E-state index is 0.257. The molecule has 0 aromatic heterocycles. The van der Waals surface area contributed by atoms with Crippen molar-refractivity contribution in [1.29, 1.82) is 0 Å². The second kappa shape index (κ2) is 2.55. The smallest absolute Gasteiger partial charge is 0.0533 e. The molecule has 0 saturated carbocycles. The van der Waals surface area contributed by atoms with E-state index in [1.54, 1.807) is 0 Å². The number of aliphatic imine (C=N–C) groups is 1. The Kier molecular flexibility index (Phi) is 1.47. The van der Waals surface area contributed by atoms with Crippen LogP contribution in [0.5, 0.6) is 0 Å². The van der Waals surface area contributed by atoms with E-state index in [4.69, 9.17) is 0 Å². The highest BCUT2D eigenvalue weighted by molar-refractivity contribution is 5.75. The Morgan fingerprint density at radius 1 is 1.54 bits per heavy atom. The van der Waals surface area contributed by atoms with E-state index in [1.165, 1.54) is 18.4 Å². The van der Waals surface area contributed by atoms with Crippen LogP contribution in [0, 0.1) is 5.41 Å². The lowest BCUT2D eigenvalue weighted by Gasteiger charge is -2.35. The molecule has 2 heteroatoms. The summed E-state index contributed by atoms with van der Waals surface area (Å²) in [7, 11) is 0. The first-order chi connectivity index (χ1) is 6.42. The standard InChI is InChI=1S/C11H14N2/c1-2-5-11-8-12-6-4-9(11)7-13-10(11)3-1/h2,4-6,10,13H,1,3,7-8H2. The van der Waals surface area contributed by atoms with Crippen molar-refractivity contribution < 1.29 is 0 Å². The quantitative estimate of drug-likeness (QED) is 0.550.